The second-order valence-corrected chi connectivity index (χ2v) is 20.0. The summed E-state index contributed by atoms with van der Waals surface area (Å²) in [5, 5.41) is 25.2. The molecule has 0 aromatic heterocycles. The molecule has 0 aliphatic carbocycles. The van der Waals surface area contributed by atoms with Crippen molar-refractivity contribution < 1.29 is 62.5 Å². The Balaban J connectivity index is 1.78. The molecule has 16 heteroatoms. The van der Waals surface area contributed by atoms with Crippen LogP contribution in [0.4, 0.5) is 0 Å². The maximum Gasteiger partial charge on any atom is 0.338 e. The van der Waals surface area contributed by atoms with Crippen molar-refractivity contribution in [2.45, 2.75) is 185 Å². The molecule has 386 valence electrons. The molecule has 0 radical (unpaired) electrons. The van der Waals surface area contributed by atoms with Gasteiger partial charge in [0.1, 0.15) is 6.10 Å². The minimum atomic E-state index is -1.47. The third-order valence-corrected chi connectivity index (χ3v) is 14.4. The largest absolute Gasteiger partial charge is 0.454 e. The summed E-state index contributed by atoms with van der Waals surface area (Å²) in [5.74, 6) is -0.724. The van der Waals surface area contributed by atoms with Gasteiger partial charge in [0.15, 0.2) is 36.2 Å². The van der Waals surface area contributed by atoms with Crippen LogP contribution in [-0.2, 0) is 47.5 Å². The van der Waals surface area contributed by atoms with Gasteiger partial charge in [0.2, 0.25) is 0 Å². The van der Waals surface area contributed by atoms with E-state index in [1.807, 2.05) is 45.8 Å². The van der Waals surface area contributed by atoms with Crippen LogP contribution >= 0.6 is 0 Å². The number of benzene rings is 1. The molecule has 2 unspecified atom stereocenters. The number of hydrogen-bond donors (Lipinski definition) is 3. The quantitative estimate of drug-likeness (QED) is 0.0790. The topological polar surface area (TPSA) is 184 Å². The van der Waals surface area contributed by atoms with Crippen LogP contribution in [0.1, 0.15) is 117 Å². The molecule has 1 aromatic carbocycles. The van der Waals surface area contributed by atoms with Crippen LogP contribution < -0.4 is 5.32 Å². The van der Waals surface area contributed by atoms with E-state index in [1.165, 1.54) is 26.9 Å². The lowest BCUT2D eigenvalue weighted by atomic mass is 9.77. The first-order valence-corrected chi connectivity index (χ1v) is 24.8. The lowest BCUT2D eigenvalue weighted by molar-refractivity contribution is -0.316. The van der Waals surface area contributed by atoms with Crippen molar-refractivity contribution in [3.05, 3.63) is 35.9 Å². The first-order valence-electron chi connectivity index (χ1n) is 24.8. The predicted octanol–water partition coefficient (Wildman–Crippen LogP) is 5.00. The fourth-order valence-corrected chi connectivity index (χ4v) is 10.3. The highest BCUT2D eigenvalue weighted by Crippen LogP contribution is 2.41. The molecule has 16 atom stereocenters. The van der Waals surface area contributed by atoms with Gasteiger partial charge < -0.3 is 63.2 Å². The fraction of sp³-hybridized carbons (Fsp3) is 0.788. The standard InChI is InChI=1S/C52H85N3O13/c1-14-42(37(7)57)65-48(59)36(6)44(66-43-30-52(15-2,62-13)46(58)38(8)64-43)35(5)47(51(9,61-12)29-33(3)31-53-40(32-56)24-21-27-55-25-19-20-26-55)68-50-45(41(54(10)11)28-34(4)63-50)67-49(60)39-22-17-16-18-23-39/h2,16-18,22-23,33-36,38,40-47,50,53,56,58H,14,19-21,24-32H2,1,3-13H3/t33-,34-,35+,36-,38+,40?,41+,42-,43+,44+,45-,46+,47-,50?,51-,52-/m1/s1. The van der Waals surface area contributed by atoms with Gasteiger partial charge in [0, 0.05) is 32.6 Å². The number of carbonyl (C=O) groups excluding carboxylic acids is 3. The van der Waals surface area contributed by atoms with Crippen molar-refractivity contribution in [3.63, 3.8) is 0 Å². The molecular formula is C52H85N3O13. The minimum Gasteiger partial charge on any atom is -0.454 e. The number of aliphatic hydroxyl groups is 2. The summed E-state index contributed by atoms with van der Waals surface area (Å²) in [5.41, 5.74) is -2.24. The molecule has 1 aromatic rings. The molecule has 4 rings (SSSR count). The third kappa shape index (κ3) is 15.2. The Morgan fingerprint density at radius 2 is 1.75 bits per heavy atom. The Morgan fingerprint density at radius 1 is 1.07 bits per heavy atom. The lowest BCUT2D eigenvalue weighted by Crippen LogP contribution is -2.61. The van der Waals surface area contributed by atoms with E-state index in [2.05, 4.69) is 23.1 Å². The van der Waals surface area contributed by atoms with E-state index in [0.29, 0.717) is 24.9 Å². The molecule has 3 aliphatic heterocycles. The maximum absolute atomic E-state index is 14.3. The van der Waals surface area contributed by atoms with Crippen molar-refractivity contribution in [2.24, 2.45) is 17.8 Å². The average molecular weight is 960 g/mol. The van der Waals surface area contributed by atoms with Gasteiger partial charge in [-0.1, -0.05) is 44.9 Å². The first kappa shape index (κ1) is 57.5. The number of ether oxygens (including phenoxy) is 8. The summed E-state index contributed by atoms with van der Waals surface area (Å²) in [6, 6.07) is 8.33. The van der Waals surface area contributed by atoms with Crippen LogP contribution in [0, 0.1) is 30.1 Å². The van der Waals surface area contributed by atoms with Gasteiger partial charge in [-0.15, -0.1) is 6.42 Å². The van der Waals surface area contributed by atoms with Crippen LogP contribution in [-0.4, -0.2) is 177 Å². The number of carbonyl (C=O) groups is 3. The predicted molar refractivity (Wildman–Crippen MR) is 258 cm³/mol. The Hall–Kier alpha value is -3.05. The van der Waals surface area contributed by atoms with Gasteiger partial charge in [0.05, 0.1) is 54.1 Å². The number of nitrogens with zero attached hydrogens (tertiary/aromatic N) is 2. The number of hydrogen-bond acceptors (Lipinski definition) is 16. The summed E-state index contributed by atoms with van der Waals surface area (Å²) in [4.78, 5) is 45.2. The van der Waals surface area contributed by atoms with E-state index in [1.54, 1.807) is 52.1 Å². The second-order valence-electron chi connectivity index (χ2n) is 20.0. The van der Waals surface area contributed by atoms with Crippen LogP contribution in [0.3, 0.4) is 0 Å². The number of likely N-dealkylation sites (N-methyl/N-ethyl adjacent to an activating group) is 1. The molecule has 0 bridgehead atoms. The Morgan fingerprint density at radius 3 is 2.32 bits per heavy atom. The Bertz CT molecular complexity index is 1740. The molecule has 3 heterocycles. The molecule has 3 fully saturated rings. The maximum atomic E-state index is 14.3. The number of methoxy groups -OCH3 is 2. The van der Waals surface area contributed by atoms with E-state index >= 15 is 0 Å². The number of terminal acetylenes is 1. The van der Waals surface area contributed by atoms with Gasteiger partial charge in [-0.05, 0) is 138 Å². The zero-order chi connectivity index (χ0) is 50.3. The van der Waals surface area contributed by atoms with Gasteiger partial charge in [-0.25, -0.2) is 4.79 Å². The monoisotopic (exact) mass is 960 g/mol. The zero-order valence-corrected chi connectivity index (χ0v) is 43.0. The molecule has 0 amide bonds. The number of aliphatic hydroxyl groups excluding tert-OH is 2. The highest BCUT2D eigenvalue weighted by Gasteiger charge is 2.53. The lowest BCUT2D eigenvalue weighted by Gasteiger charge is -2.49. The second kappa shape index (κ2) is 27.0. The molecule has 0 saturated carbocycles. The Labute approximate surface area is 406 Å². The number of Topliss-reactive ketones (excluding diaryl/α,β-unsaturated/α-hetero) is 1. The first-order chi connectivity index (χ1) is 32.3. The van der Waals surface area contributed by atoms with Crippen molar-refractivity contribution in [1.82, 2.24) is 15.1 Å². The summed E-state index contributed by atoms with van der Waals surface area (Å²) in [6.07, 6.45) is 2.99. The normalized spacial score (nSPS) is 29.7. The summed E-state index contributed by atoms with van der Waals surface area (Å²) >= 11 is 0. The third-order valence-electron chi connectivity index (χ3n) is 14.4. The molecule has 3 saturated heterocycles. The van der Waals surface area contributed by atoms with Crippen molar-refractivity contribution >= 4 is 17.7 Å². The molecule has 3 N–H and O–H groups in total. The van der Waals surface area contributed by atoms with Crippen LogP contribution in [0.15, 0.2) is 30.3 Å². The van der Waals surface area contributed by atoms with Crippen molar-refractivity contribution in [1.29, 1.82) is 0 Å². The highest BCUT2D eigenvalue weighted by atomic mass is 16.7. The van der Waals surface area contributed by atoms with E-state index in [9.17, 15) is 24.6 Å². The van der Waals surface area contributed by atoms with E-state index in [4.69, 9.17) is 44.3 Å². The summed E-state index contributed by atoms with van der Waals surface area (Å²) in [7, 11) is 6.86. The number of ketones is 1. The molecule has 16 nitrogen and oxygen atoms in total. The van der Waals surface area contributed by atoms with E-state index < -0.39 is 84.2 Å². The van der Waals surface area contributed by atoms with Gasteiger partial charge in [-0.2, -0.15) is 0 Å². The fourth-order valence-electron chi connectivity index (χ4n) is 10.3. The van der Waals surface area contributed by atoms with Crippen molar-refractivity contribution in [3.8, 4) is 12.3 Å². The zero-order valence-electron chi connectivity index (χ0n) is 43.0. The average Bonchev–Trinajstić information content (AvgIpc) is 3.85. The van der Waals surface area contributed by atoms with Crippen LogP contribution in [0.2, 0.25) is 0 Å². The molecule has 3 aliphatic rings. The SMILES string of the molecule is C#C[C@@]1(OC)C[C@H](O[C@@H]([C@H](C)[C@@H](OC2O[C@H](C)C[C@H](N(C)C)[C@H]2OC(=O)c2ccccc2)[C@@](C)(C[C@@H](C)CNC(CO)CCCN2CCCC2)OC)[C@@H](C)C(=O)O[C@H](CC)C(C)=O)O[C@@H](C)[C@@H]1O. The van der Waals surface area contributed by atoms with E-state index in [0.717, 1.165) is 32.5 Å². The van der Waals surface area contributed by atoms with Crippen LogP contribution in [0.5, 0.6) is 0 Å². The number of esters is 2. The number of likely N-dealkylation sites (tertiary alicyclic amines) is 1. The molecule has 0 spiro atoms. The summed E-state index contributed by atoms with van der Waals surface area (Å²) < 4.78 is 51.6. The highest BCUT2D eigenvalue weighted by molar-refractivity contribution is 5.89. The Kier molecular flexibility index (Phi) is 22.8. The molecular weight excluding hydrogens is 875 g/mol. The van der Waals surface area contributed by atoms with Gasteiger partial charge >= 0.3 is 11.9 Å². The number of rotatable bonds is 27. The summed E-state index contributed by atoms with van der Waals surface area (Å²) in [6.45, 7) is 18.2. The van der Waals surface area contributed by atoms with Crippen LogP contribution in [0.25, 0.3) is 0 Å². The van der Waals surface area contributed by atoms with Gasteiger partial charge in [-0.3, -0.25) is 9.59 Å². The van der Waals surface area contributed by atoms with Gasteiger partial charge in [0.25, 0.3) is 0 Å². The minimum absolute atomic E-state index is 0.00279. The van der Waals surface area contributed by atoms with Crippen molar-refractivity contribution in [2.75, 3.05) is 61.1 Å². The van der Waals surface area contributed by atoms with E-state index in [-0.39, 0.29) is 49.3 Å². The smallest absolute Gasteiger partial charge is 0.338 e. The molecule has 68 heavy (non-hydrogen) atoms. The number of nitrogens with one attached hydrogen (secondary N) is 1.